The second-order valence-corrected chi connectivity index (χ2v) is 7.47. The maximum absolute atomic E-state index is 10.3. The molecule has 0 aliphatic rings. The summed E-state index contributed by atoms with van der Waals surface area (Å²) in [5.74, 6) is 1.78. The molecule has 0 aliphatic heterocycles. The Kier molecular flexibility index (Phi) is 14.3. The van der Waals surface area contributed by atoms with Crippen molar-refractivity contribution < 1.29 is 19.3 Å². The SMILES string of the molecule is CCCCCCOc1ccc(O)c(OCCCCCC)c1OCCCCCC. The number of aromatic hydroxyl groups is 1. The Labute approximate surface area is 172 Å². The van der Waals surface area contributed by atoms with Gasteiger partial charge in [0.05, 0.1) is 19.8 Å². The van der Waals surface area contributed by atoms with Gasteiger partial charge in [-0.3, -0.25) is 0 Å². The maximum atomic E-state index is 10.3. The molecular formula is C24H42O4. The Hall–Kier alpha value is -1.58. The van der Waals surface area contributed by atoms with Crippen LogP contribution in [0.15, 0.2) is 12.1 Å². The van der Waals surface area contributed by atoms with Crippen LogP contribution >= 0.6 is 0 Å². The Balaban J connectivity index is 2.73. The molecule has 1 N–H and O–H groups in total. The number of phenolic OH excluding ortho intramolecular Hbond substituents is 1. The molecule has 4 heteroatoms. The van der Waals surface area contributed by atoms with Gasteiger partial charge in [-0.25, -0.2) is 0 Å². The number of hydrogen-bond donors (Lipinski definition) is 1. The van der Waals surface area contributed by atoms with Crippen LogP contribution in [0.3, 0.4) is 0 Å². The third-order valence-corrected chi connectivity index (χ3v) is 4.80. The quantitative estimate of drug-likeness (QED) is 0.266. The second-order valence-electron chi connectivity index (χ2n) is 7.47. The molecule has 0 atom stereocenters. The summed E-state index contributed by atoms with van der Waals surface area (Å²) in [7, 11) is 0. The Morgan fingerprint density at radius 1 is 0.571 bits per heavy atom. The molecule has 0 saturated carbocycles. The van der Waals surface area contributed by atoms with E-state index in [0.29, 0.717) is 37.1 Å². The predicted octanol–water partition coefficient (Wildman–Crippen LogP) is 7.27. The summed E-state index contributed by atoms with van der Waals surface area (Å²) in [5.41, 5.74) is 0. The molecule has 0 aliphatic carbocycles. The first-order valence-electron chi connectivity index (χ1n) is 11.5. The summed E-state index contributed by atoms with van der Waals surface area (Å²) in [5, 5.41) is 10.3. The fourth-order valence-corrected chi connectivity index (χ4v) is 3.04. The average molecular weight is 395 g/mol. The van der Waals surface area contributed by atoms with Gasteiger partial charge >= 0.3 is 0 Å². The zero-order chi connectivity index (χ0) is 20.5. The maximum Gasteiger partial charge on any atom is 0.207 e. The zero-order valence-electron chi connectivity index (χ0n) is 18.4. The van der Waals surface area contributed by atoms with Crippen molar-refractivity contribution in [1.82, 2.24) is 0 Å². The number of phenols is 1. The lowest BCUT2D eigenvalue weighted by atomic mass is 10.2. The highest BCUT2D eigenvalue weighted by molar-refractivity contribution is 5.58. The van der Waals surface area contributed by atoms with Gasteiger partial charge in [-0.05, 0) is 31.4 Å². The van der Waals surface area contributed by atoms with Gasteiger partial charge in [-0.1, -0.05) is 78.6 Å². The molecule has 0 bridgehead atoms. The lowest BCUT2D eigenvalue weighted by Crippen LogP contribution is -2.06. The number of ether oxygens (including phenoxy) is 3. The van der Waals surface area contributed by atoms with Gasteiger partial charge in [0.1, 0.15) is 0 Å². The summed E-state index contributed by atoms with van der Waals surface area (Å²) in [6.07, 6.45) is 13.7. The largest absolute Gasteiger partial charge is 0.504 e. The highest BCUT2D eigenvalue weighted by Gasteiger charge is 2.18. The summed E-state index contributed by atoms with van der Waals surface area (Å²) in [6.45, 7) is 8.45. The van der Waals surface area contributed by atoms with E-state index in [-0.39, 0.29) is 5.75 Å². The molecule has 0 amide bonds. The molecule has 1 aromatic rings. The van der Waals surface area contributed by atoms with Crippen LogP contribution < -0.4 is 14.2 Å². The van der Waals surface area contributed by atoms with Crippen LogP contribution in [0.1, 0.15) is 97.8 Å². The van der Waals surface area contributed by atoms with Gasteiger partial charge in [0.15, 0.2) is 11.5 Å². The molecule has 4 nitrogen and oxygen atoms in total. The first-order chi connectivity index (χ1) is 13.7. The summed E-state index contributed by atoms with van der Waals surface area (Å²) < 4.78 is 18.0. The molecule has 162 valence electrons. The first kappa shape index (κ1) is 24.5. The summed E-state index contributed by atoms with van der Waals surface area (Å²) >= 11 is 0. The topological polar surface area (TPSA) is 47.9 Å². The van der Waals surface area contributed by atoms with Gasteiger partial charge in [-0.15, -0.1) is 0 Å². The lowest BCUT2D eigenvalue weighted by Gasteiger charge is -2.18. The summed E-state index contributed by atoms with van der Waals surface area (Å²) in [6, 6.07) is 3.44. The highest BCUT2D eigenvalue weighted by atomic mass is 16.5. The van der Waals surface area contributed by atoms with Gasteiger partial charge in [0.25, 0.3) is 0 Å². The normalized spacial score (nSPS) is 10.8. The molecule has 0 saturated heterocycles. The first-order valence-corrected chi connectivity index (χ1v) is 11.5. The predicted molar refractivity (Wildman–Crippen MR) is 117 cm³/mol. The van der Waals surface area contributed by atoms with Crippen LogP contribution in [0.4, 0.5) is 0 Å². The Bertz CT molecular complexity index is 502. The molecule has 1 aromatic carbocycles. The van der Waals surface area contributed by atoms with E-state index < -0.39 is 0 Å². The van der Waals surface area contributed by atoms with Crippen molar-refractivity contribution in [2.24, 2.45) is 0 Å². The van der Waals surface area contributed by atoms with Crippen molar-refractivity contribution in [2.45, 2.75) is 97.8 Å². The second kappa shape index (κ2) is 16.4. The Morgan fingerprint density at radius 2 is 1.04 bits per heavy atom. The molecule has 28 heavy (non-hydrogen) atoms. The van der Waals surface area contributed by atoms with E-state index >= 15 is 0 Å². The number of hydrogen-bond acceptors (Lipinski definition) is 4. The van der Waals surface area contributed by atoms with E-state index in [0.717, 1.165) is 32.1 Å². The van der Waals surface area contributed by atoms with E-state index in [4.69, 9.17) is 14.2 Å². The van der Waals surface area contributed by atoms with E-state index in [1.54, 1.807) is 12.1 Å². The molecule has 0 radical (unpaired) electrons. The molecular weight excluding hydrogens is 352 g/mol. The van der Waals surface area contributed by atoms with Crippen LogP contribution in [0.2, 0.25) is 0 Å². The molecule has 0 unspecified atom stereocenters. The van der Waals surface area contributed by atoms with Crippen molar-refractivity contribution in [3.8, 4) is 23.0 Å². The van der Waals surface area contributed by atoms with Gasteiger partial charge < -0.3 is 19.3 Å². The summed E-state index contributed by atoms with van der Waals surface area (Å²) in [4.78, 5) is 0. The molecule has 1 rings (SSSR count). The minimum Gasteiger partial charge on any atom is -0.504 e. The van der Waals surface area contributed by atoms with Crippen molar-refractivity contribution >= 4 is 0 Å². The van der Waals surface area contributed by atoms with Gasteiger partial charge in [0, 0.05) is 0 Å². The van der Waals surface area contributed by atoms with Crippen molar-refractivity contribution in [2.75, 3.05) is 19.8 Å². The van der Waals surface area contributed by atoms with E-state index in [2.05, 4.69) is 20.8 Å². The molecule has 0 aromatic heterocycles. The molecule has 0 heterocycles. The monoisotopic (exact) mass is 394 g/mol. The zero-order valence-corrected chi connectivity index (χ0v) is 18.4. The smallest absolute Gasteiger partial charge is 0.207 e. The van der Waals surface area contributed by atoms with Crippen LogP contribution in [0.25, 0.3) is 0 Å². The van der Waals surface area contributed by atoms with E-state index in [1.165, 1.54) is 44.9 Å². The van der Waals surface area contributed by atoms with Crippen LogP contribution in [0, 0.1) is 0 Å². The van der Waals surface area contributed by atoms with E-state index in [9.17, 15) is 5.11 Å². The minimum absolute atomic E-state index is 0.123. The van der Waals surface area contributed by atoms with Crippen LogP contribution in [0.5, 0.6) is 23.0 Å². The van der Waals surface area contributed by atoms with Crippen molar-refractivity contribution in [3.05, 3.63) is 12.1 Å². The number of unbranched alkanes of at least 4 members (excludes halogenated alkanes) is 9. The van der Waals surface area contributed by atoms with Crippen molar-refractivity contribution in [1.29, 1.82) is 0 Å². The minimum atomic E-state index is 0.123. The number of benzene rings is 1. The fraction of sp³-hybridized carbons (Fsp3) is 0.750. The highest BCUT2D eigenvalue weighted by Crippen LogP contribution is 2.44. The number of rotatable bonds is 18. The third kappa shape index (κ3) is 10.1. The Morgan fingerprint density at radius 3 is 1.54 bits per heavy atom. The van der Waals surface area contributed by atoms with Crippen molar-refractivity contribution in [3.63, 3.8) is 0 Å². The standard InChI is InChI=1S/C24H42O4/c1-4-7-10-13-18-26-22-17-16-21(25)23(27-19-14-11-8-5-2)24(22)28-20-15-12-9-6-3/h16-17,25H,4-15,18-20H2,1-3H3. The molecule has 0 fully saturated rings. The third-order valence-electron chi connectivity index (χ3n) is 4.80. The van der Waals surface area contributed by atoms with E-state index in [1.807, 2.05) is 0 Å². The van der Waals surface area contributed by atoms with Crippen LogP contribution in [-0.4, -0.2) is 24.9 Å². The average Bonchev–Trinajstić information content (AvgIpc) is 2.70. The molecule has 0 spiro atoms. The fourth-order valence-electron chi connectivity index (χ4n) is 3.04. The van der Waals surface area contributed by atoms with Gasteiger partial charge in [0.2, 0.25) is 11.5 Å². The lowest BCUT2D eigenvalue weighted by molar-refractivity contribution is 0.228. The van der Waals surface area contributed by atoms with Gasteiger partial charge in [-0.2, -0.15) is 0 Å². The van der Waals surface area contributed by atoms with Crippen LogP contribution in [-0.2, 0) is 0 Å².